The maximum Gasteiger partial charge on any atom is 0.258 e. The second-order valence-electron chi connectivity index (χ2n) is 4.88. The van der Waals surface area contributed by atoms with Crippen LogP contribution in [0.15, 0.2) is 51.9 Å². The first-order valence-corrected chi connectivity index (χ1v) is 7.39. The van der Waals surface area contributed by atoms with Crippen molar-refractivity contribution < 1.29 is 9.13 Å². The van der Waals surface area contributed by atoms with E-state index in [0.717, 1.165) is 5.56 Å². The summed E-state index contributed by atoms with van der Waals surface area (Å²) in [7, 11) is 0. The fraction of sp³-hybridized carbons (Fsp3) is 0.125. The van der Waals surface area contributed by atoms with Gasteiger partial charge in [-0.3, -0.25) is 9.20 Å². The van der Waals surface area contributed by atoms with Crippen molar-refractivity contribution in [3.05, 3.63) is 74.5 Å². The molecule has 6 heteroatoms. The van der Waals surface area contributed by atoms with E-state index in [-0.39, 0.29) is 18.0 Å². The summed E-state index contributed by atoms with van der Waals surface area (Å²) in [5.74, 6) is 0.143. The van der Waals surface area contributed by atoms with E-state index in [1.807, 2.05) is 13.0 Å². The molecular formula is C16H12BrFN2O2. The molecule has 0 amide bonds. The van der Waals surface area contributed by atoms with Gasteiger partial charge in [0.25, 0.3) is 5.56 Å². The number of fused-ring (bicyclic) bond motifs is 1. The van der Waals surface area contributed by atoms with Gasteiger partial charge in [0.1, 0.15) is 23.8 Å². The average Bonchev–Trinajstić information content (AvgIpc) is 2.47. The van der Waals surface area contributed by atoms with Crippen molar-refractivity contribution in [1.82, 2.24) is 9.38 Å². The SMILES string of the molecule is Cc1ccc2nc(COc3ccc(F)cc3Br)cc(=O)n2c1. The predicted octanol–water partition coefficient (Wildman–Crippen LogP) is 3.48. The molecule has 0 atom stereocenters. The Balaban J connectivity index is 1.88. The monoisotopic (exact) mass is 362 g/mol. The van der Waals surface area contributed by atoms with Gasteiger partial charge in [-0.05, 0) is 52.7 Å². The molecule has 0 fully saturated rings. The summed E-state index contributed by atoms with van der Waals surface area (Å²) in [6, 6.07) is 9.27. The van der Waals surface area contributed by atoms with Gasteiger partial charge in [0.2, 0.25) is 0 Å². The summed E-state index contributed by atoms with van der Waals surface area (Å²) >= 11 is 3.23. The third-order valence-electron chi connectivity index (χ3n) is 3.13. The van der Waals surface area contributed by atoms with E-state index in [9.17, 15) is 9.18 Å². The van der Waals surface area contributed by atoms with Crippen molar-refractivity contribution >= 4 is 21.6 Å². The Morgan fingerprint density at radius 2 is 2.09 bits per heavy atom. The van der Waals surface area contributed by atoms with Gasteiger partial charge in [0.05, 0.1) is 10.2 Å². The Kier molecular flexibility index (Phi) is 3.94. The highest BCUT2D eigenvalue weighted by molar-refractivity contribution is 9.10. The van der Waals surface area contributed by atoms with Crippen molar-refractivity contribution in [3.63, 3.8) is 0 Å². The van der Waals surface area contributed by atoms with Crippen LogP contribution in [0.4, 0.5) is 4.39 Å². The van der Waals surface area contributed by atoms with Gasteiger partial charge >= 0.3 is 0 Å². The zero-order valence-electron chi connectivity index (χ0n) is 11.7. The smallest absolute Gasteiger partial charge is 0.258 e. The van der Waals surface area contributed by atoms with Crippen LogP contribution in [0.3, 0.4) is 0 Å². The second kappa shape index (κ2) is 5.88. The van der Waals surface area contributed by atoms with Crippen molar-refractivity contribution in [1.29, 1.82) is 0 Å². The van der Waals surface area contributed by atoms with E-state index in [0.29, 0.717) is 21.6 Å². The number of ether oxygens (including phenoxy) is 1. The van der Waals surface area contributed by atoms with Crippen LogP contribution in [0.5, 0.6) is 5.75 Å². The van der Waals surface area contributed by atoms with E-state index in [4.69, 9.17) is 4.74 Å². The van der Waals surface area contributed by atoms with Gasteiger partial charge in [-0.25, -0.2) is 9.37 Å². The van der Waals surface area contributed by atoms with Crippen LogP contribution in [0.1, 0.15) is 11.3 Å². The fourth-order valence-corrected chi connectivity index (χ4v) is 2.54. The molecule has 0 aliphatic heterocycles. The van der Waals surface area contributed by atoms with E-state index in [1.165, 1.54) is 28.7 Å². The van der Waals surface area contributed by atoms with Crippen LogP contribution in [-0.2, 0) is 6.61 Å². The Hall–Kier alpha value is -2.21. The number of benzene rings is 1. The molecule has 22 heavy (non-hydrogen) atoms. The van der Waals surface area contributed by atoms with E-state index >= 15 is 0 Å². The van der Waals surface area contributed by atoms with E-state index in [1.54, 1.807) is 12.3 Å². The number of nitrogens with zero attached hydrogens (tertiary/aromatic N) is 2. The molecule has 3 rings (SSSR count). The van der Waals surface area contributed by atoms with Crippen molar-refractivity contribution in [2.45, 2.75) is 13.5 Å². The third-order valence-corrected chi connectivity index (χ3v) is 3.75. The Bertz CT molecular complexity index is 908. The summed E-state index contributed by atoms with van der Waals surface area (Å²) in [5.41, 5.74) is 1.90. The minimum atomic E-state index is -0.350. The normalized spacial score (nSPS) is 10.9. The summed E-state index contributed by atoms with van der Waals surface area (Å²) in [4.78, 5) is 16.5. The highest BCUT2D eigenvalue weighted by atomic mass is 79.9. The highest BCUT2D eigenvalue weighted by Crippen LogP contribution is 2.26. The molecule has 1 aromatic carbocycles. The number of hydrogen-bond acceptors (Lipinski definition) is 3. The molecule has 0 bridgehead atoms. The topological polar surface area (TPSA) is 43.6 Å². The molecule has 0 spiro atoms. The summed E-state index contributed by atoms with van der Waals surface area (Å²) < 4.78 is 20.6. The van der Waals surface area contributed by atoms with Crippen LogP contribution >= 0.6 is 15.9 Å². The zero-order chi connectivity index (χ0) is 15.7. The maximum atomic E-state index is 13.0. The van der Waals surface area contributed by atoms with Crippen LogP contribution in [0.2, 0.25) is 0 Å². The molecule has 0 unspecified atom stereocenters. The Labute approximate surface area is 134 Å². The van der Waals surface area contributed by atoms with Gasteiger partial charge in [-0.1, -0.05) is 6.07 Å². The second-order valence-corrected chi connectivity index (χ2v) is 5.74. The quantitative estimate of drug-likeness (QED) is 0.716. The van der Waals surface area contributed by atoms with Gasteiger partial charge in [0.15, 0.2) is 0 Å². The molecule has 4 nitrogen and oxygen atoms in total. The largest absolute Gasteiger partial charge is 0.486 e. The van der Waals surface area contributed by atoms with Crippen LogP contribution in [0.25, 0.3) is 5.65 Å². The molecule has 0 aliphatic rings. The molecule has 0 saturated heterocycles. The molecule has 0 radical (unpaired) electrons. The average molecular weight is 363 g/mol. The number of aryl methyl sites for hydroxylation is 1. The van der Waals surface area contributed by atoms with E-state index < -0.39 is 0 Å². The summed E-state index contributed by atoms with van der Waals surface area (Å²) in [5, 5.41) is 0. The summed E-state index contributed by atoms with van der Waals surface area (Å²) in [6.45, 7) is 2.04. The molecular weight excluding hydrogens is 351 g/mol. The molecule has 3 aromatic rings. The third kappa shape index (κ3) is 3.01. The van der Waals surface area contributed by atoms with Crippen molar-refractivity contribution in [2.24, 2.45) is 0 Å². The maximum absolute atomic E-state index is 13.0. The molecule has 2 aromatic heterocycles. The minimum Gasteiger partial charge on any atom is -0.486 e. The van der Waals surface area contributed by atoms with Gasteiger partial charge in [-0.15, -0.1) is 0 Å². The van der Waals surface area contributed by atoms with Crippen LogP contribution in [-0.4, -0.2) is 9.38 Å². The number of pyridine rings is 1. The molecule has 0 aliphatic carbocycles. The first-order chi connectivity index (χ1) is 10.5. The standard InChI is InChI=1S/C16H12BrFN2O2/c1-10-2-5-15-19-12(7-16(21)20(15)8-10)9-22-14-4-3-11(18)6-13(14)17/h2-8H,9H2,1H3. The lowest BCUT2D eigenvalue weighted by atomic mass is 10.3. The number of rotatable bonds is 3. The highest BCUT2D eigenvalue weighted by Gasteiger charge is 2.06. The van der Waals surface area contributed by atoms with Gasteiger partial charge in [0, 0.05) is 12.3 Å². The predicted molar refractivity (Wildman–Crippen MR) is 84.6 cm³/mol. The molecule has 0 saturated carbocycles. The molecule has 112 valence electrons. The van der Waals surface area contributed by atoms with Crippen LogP contribution in [0, 0.1) is 12.7 Å². The Morgan fingerprint density at radius 3 is 2.86 bits per heavy atom. The lowest BCUT2D eigenvalue weighted by Gasteiger charge is -2.09. The van der Waals surface area contributed by atoms with Gasteiger partial charge < -0.3 is 4.74 Å². The fourth-order valence-electron chi connectivity index (χ4n) is 2.08. The number of aromatic nitrogens is 2. The lowest BCUT2D eigenvalue weighted by Crippen LogP contribution is -2.16. The number of halogens is 2. The zero-order valence-corrected chi connectivity index (χ0v) is 13.3. The first kappa shape index (κ1) is 14.7. The summed E-state index contributed by atoms with van der Waals surface area (Å²) in [6.07, 6.45) is 1.74. The van der Waals surface area contributed by atoms with E-state index in [2.05, 4.69) is 20.9 Å². The minimum absolute atomic E-state index is 0.129. The van der Waals surface area contributed by atoms with Gasteiger partial charge in [-0.2, -0.15) is 0 Å². The number of hydrogen-bond donors (Lipinski definition) is 0. The molecule has 2 heterocycles. The van der Waals surface area contributed by atoms with Crippen LogP contribution < -0.4 is 10.3 Å². The lowest BCUT2D eigenvalue weighted by molar-refractivity contribution is 0.299. The van der Waals surface area contributed by atoms with Crippen molar-refractivity contribution in [2.75, 3.05) is 0 Å². The first-order valence-electron chi connectivity index (χ1n) is 6.60. The molecule has 0 N–H and O–H groups in total. The Morgan fingerprint density at radius 1 is 1.27 bits per heavy atom. The van der Waals surface area contributed by atoms with Crippen molar-refractivity contribution in [3.8, 4) is 5.75 Å².